The maximum absolute atomic E-state index is 10.7. The summed E-state index contributed by atoms with van der Waals surface area (Å²) < 4.78 is 5.34. The van der Waals surface area contributed by atoms with Crippen LogP contribution in [0.5, 0.6) is 0 Å². The van der Waals surface area contributed by atoms with Gasteiger partial charge in [-0.25, -0.2) is 0 Å². The minimum absolute atomic E-state index is 0.0602. The van der Waals surface area contributed by atoms with Gasteiger partial charge in [-0.05, 0) is 19.3 Å². The molecular weight excluding hydrogens is 168 g/mol. The summed E-state index contributed by atoms with van der Waals surface area (Å²) >= 11 is 0. The molecule has 0 heterocycles. The zero-order valence-electron chi connectivity index (χ0n) is 8.38. The molecule has 1 saturated carbocycles. The van der Waals surface area contributed by atoms with Crippen LogP contribution in [-0.4, -0.2) is 24.3 Å². The highest BCUT2D eigenvalue weighted by Crippen LogP contribution is 2.48. The molecule has 1 atom stereocenters. The number of rotatable bonds is 5. The van der Waals surface area contributed by atoms with Crippen LogP contribution in [0.4, 0.5) is 0 Å². The third-order valence-corrected chi connectivity index (χ3v) is 3.19. The summed E-state index contributed by atoms with van der Waals surface area (Å²) in [6, 6.07) is 0. The van der Waals surface area contributed by atoms with Crippen LogP contribution in [0.15, 0.2) is 0 Å². The van der Waals surface area contributed by atoms with Gasteiger partial charge in [0, 0.05) is 12.5 Å². The third kappa shape index (κ3) is 2.02. The van der Waals surface area contributed by atoms with Gasteiger partial charge in [0.25, 0.3) is 0 Å². The zero-order valence-corrected chi connectivity index (χ0v) is 8.38. The summed E-state index contributed by atoms with van der Waals surface area (Å²) in [5.74, 6) is -0.699. The normalized spacial score (nSPS) is 22.0. The molecule has 76 valence electrons. The van der Waals surface area contributed by atoms with Gasteiger partial charge >= 0.3 is 5.97 Å². The molecule has 1 rings (SSSR count). The Hall–Kier alpha value is -0.570. The first kappa shape index (κ1) is 10.5. The van der Waals surface area contributed by atoms with Gasteiger partial charge in [0.15, 0.2) is 0 Å². The van der Waals surface area contributed by atoms with E-state index in [2.05, 4.69) is 6.92 Å². The molecule has 1 aliphatic carbocycles. The zero-order chi connectivity index (χ0) is 9.90. The van der Waals surface area contributed by atoms with Crippen molar-refractivity contribution >= 4 is 5.97 Å². The fourth-order valence-corrected chi connectivity index (χ4v) is 2.39. The maximum Gasteiger partial charge on any atom is 0.304 e. The number of methoxy groups -OCH3 is 1. The Morgan fingerprint density at radius 2 is 2.23 bits per heavy atom. The minimum Gasteiger partial charge on any atom is -0.481 e. The first-order chi connectivity index (χ1) is 6.14. The molecule has 1 aliphatic rings. The number of hydrogen-bond donors (Lipinski definition) is 1. The summed E-state index contributed by atoms with van der Waals surface area (Å²) in [4.78, 5) is 10.7. The molecule has 1 unspecified atom stereocenters. The van der Waals surface area contributed by atoms with E-state index >= 15 is 0 Å². The van der Waals surface area contributed by atoms with Crippen LogP contribution in [-0.2, 0) is 9.53 Å². The molecule has 1 N–H and O–H groups in total. The van der Waals surface area contributed by atoms with Crippen molar-refractivity contribution in [2.45, 2.75) is 45.1 Å². The van der Waals surface area contributed by atoms with Gasteiger partial charge in [-0.1, -0.05) is 13.3 Å². The van der Waals surface area contributed by atoms with Gasteiger partial charge in [0.2, 0.25) is 0 Å². The molecule has 0 saturated heterocycles. The van der Waals surface area contributed by atoms with E-state index in [9.17, 15) is 4.79 Å². The van der Waals surface area contributed by atoms with Gasteiger partial charge in [-0.2, -0.15) is 0 Å². The second-order valence-electron chi connectivity index (χ2n) is 3.92. The molecular formula is C10H18O3. The van der Waals surface area contributed by atoms with Crippen molar-refractivity contribution < 1.29 is 14.6 Å². The van der Waals surface area contributed by atoms with Gasteiger partial charge in [0.1, 0.15) is 0 Å². The largest absolute Gasteiger partial charge is 0.481 e. The number of carbonyl (C=O) groups is 1. The highest BCUT2D eigenvalue weighted by atomic mass is 16.5. The number of ether oxygens (including phenoxy) is 1. The minimum atomic E-state index is -0.699. The molecule has 0 radical (unpaired) electrons. The van der Waals surface area contributed by atoms with Crippen molar-refractivity contribution in [2.24, 2.45) is 5.41 Å². The summed E-state index contributed by atoms with van der Waals surface area (Å²) in [5.41, 5.74) is -0.0602. The molecule has 0 aromatic carbocycles. The van der Waals surface area contributed by atoms with Crippen molar-refractivity contribution in [3.05, 3.63) is 0 Å². The Balaban J connectivity index is 2.61. The lowest BCUT2D eigenvalue weighted by Crippen LogP contribution is -2.43. The predicted octanol–water partition coefficient (Wildman–Crippen LogP) is 2.06. The summed E-state index contributed by atoms with van der Waals surface area (Å²) in [7, 11) is 1.68. The highest BCUT2D eigenvalue weighted by molar-refractivity contribution is 5.68. The fourth-order valence-electron chi connectivity index (χ4n) is 2.39. The van der Waals surface area contributed by atoms with Crippen LogP contribution in [0.1, 0.15) is 39.0 Å². The Bertz CT molecular complexity index is 181. The number of aliphatic carboxylic acids is 1. The predicted molar refractivity (Wildman–Crippen MR) is 49.6 cm³/mol. The topological polar surface area (TPSA) is 46.5 Å². The Morgan fingerprint density at radius 1 is 1.62 bits per heavy atom. The smallest absolute Gasteiger partial charge is 0.304 e. The van der Waals surface area contributed by atoms with Crippen molar-refractivity contribution in [2.75, 3.05) is 7.11 Å². The van der Waals surface area contributed by atoms with Crippen LogP contribution in [0.25, 0.3) is 0 Å². The Kier molecular flexibility index (Phi) is 3.31. The Morgan fingerprint density at radius 3 is 2.46 bits per heavy atom. The van der Waals surface area contributed by atoms with Crippen molar-refractivity contribution in [1.29, 1.82) is 0 Å². The Labute approximate surface area is 79.1 Å². The number of carboxylic acids is 1. The second-order valence-corrected chi connectivity index (χ2v) is 3.92. The van der Waals surface area contributed by atoms with E-state index in [4.69, 9.17) is 9.84 Å². The van der Waals surface area contributed by atoms with Gasteiger partial charge in [0.05, 0.1) is 12.5 Å². The summed E-state index contributed by atoms with van der Waals surface area (Å²) in [6.07, 6.45) is 4.45. The molecule has 0 aromatic rings. The third-order valence-electron chi connectivity index (χ3n) is 3.19. The monoisotopic (exact) mass is 186 g/mol. The van der Waals surface area contributed by atoms with Crippen molar-refractivity contribution in [3.63, 3.8) is 0 Å². The summed E-state index contributed by atoms with van der Waals surface area (Å²) in [6.45, 7) is 2.05. The number of carboxylic acid groups (broad SMARTS) is 1. The molecule has 3 heteroatoms. The molecule has 0 spiro atoms. The van der Waals surface area contributed by atoms with Crippen LogP contribution in [0, 0.1) is 5.41 Å². The van der Waals surface area contributed by atoms with Crippen LogP contribution in [0.2, 0.25) is 0 Å². The maximum atomic E-state index is 10.7. The quantitative estimate of drug-likeness (QED) is 0.714. The first-order valence-electron chi connectivity index (χ1n) is 4.89. The van der Waals surface area contributed by atoms with E-state index in [1.54, 1.807) is 7.11 Å². The van der Waals surface area contributed by atoms with Crippen molar-refractivity contribution in [1.82, 2.24) is 0 Å². The van der Waals surface area contributed by atoms with Crippen LogP contribution < -0.4 is 0 Å². The van der Waals surface area contributed by atoms with Gasteiger partial charge in [-0.3, -0.25) is 4.79 Å². The van der Waals surface area contributed by atoms with E-state index in [1.807, 2.05) is 0 Å². The molecule has 0 amide bonds. The lowest BCUT2D eigenvalue weighted by molar-refractivity contribution is -0.147. The average Bonchev–Trinajstić information content (AvgIpc) is 2.01. The highest BCUT2D eigenvalue weighted by Gasteiger charge is 2.45. The van der Waals surface area contributed by atoms with Gasteiger partial charge in [-0.15, -0.1) is 0 Å². The van der Waals surface area contributed by atoms with Crippen LogP contribution >= 0.6 is 0 Å². The van der Waals surface area contributed by atoms with E-state index < -0.39 is 5.97 Å². The first-order valence-corrected chi connectivity index (χ1v) is 4.89. The lowest BCUT2D eigenvalue weighted by Gasteiger charge is -2.45. The molecule has 1 fully saturated rings. The molecule has 0 bridgehead atoms. The number of hydrogen-bond acceptors (Lipinski definition) is 2. The fraction of sp³-hybridized carbons (Fsp3) is 0.900. The SMILES string of the molecule is CCC(OC)C1(CC(=O)O)CCC1. The lowest BCUT2D eigenvalue weighted by atomic mass is 9.62. The van der Waals surface area contributed by atoms with E-state index in [-0.39, 0.29) is 17.9 Å². The van der Waals surface area contributed by atoms with E-state index in [0.717, 1.165) is 25.7 Å². The second kappa shape index (κ2) is 4.09. The van der Waals surface area contributed by atoms with E-state index in [1.165, 1.54) is 0 Å². The van der Waals surface area contributed by atoms with Crippen LogP contribution in [0.3, 0.4) is 0 Å². The molecule has 0 aromatic heterocycles. The standard InChI is InChI=1S/C10H18O3/c1-3-8(13-2)10(5-4-6-10)7-9(11)12/h8H,3-7H2,1-2H3,(H,11,12). The van der Waals surface area contributed by atoms with Gasteiger partial charge < -0.3 is 9.84 Å². The molecule has 3 nitrogen and oxygen atoms in total. The molecule has 0 aliphatic heterocycles. The molecule has 13 heavy (non-hydrogen) atoms. The summed E-state index contributed by atoms with van der Waals surface area (Å²) in [5, 5.41) is 8.80. The average molecular weight is 186 g/mol. The van der Waals surface area contributed by atoms with E-state index in [0.29, 0.717) is 0 Å². The van der Waals surface area contributed by atoms with Crippen molar-refractivity contribution in [3.8, 4) is 0 Å².